The molecule has 3 rings (SSSR count). The van der Waals surface area contributed by atoms with Crippen molar-refractivity contribution in [3.05, 3.63) is 65.9 Å². The molecule has 0 aliphatic rings. The lowest BCUT2D eigenvalue weighted by Gasteiger charge is -2.08. The zero-order valence-electron chi connectivity index (χ0n) is 16.2. The molecule has 0 N–H and O–H groups in total. The molecule has 146 valence electrons. The summed E-state index contributed by atoms with van der Waals surface area (Å²) in [6.45, 7) is 4.09. The normalized spacial score (nSPS) is 10.7. The minimum atomic E-state index is -0.473. The second-order valence-electron chi connectivity index (χ2n) is 6.59. The summed E-state index contributed by atoms with van der Waals surface area (Å²) in [5, 5.41) is 3.93. The summed E-state index contributed by atoms with van der Waals surface area (Å²) in [4.78, 5) is 11.9. The van der Waals surface area contributed by atoms with Gasteiger partial charge in [0.25, 0.3) is 0 Å². The van der Waals surface area contributed by atoms with Crippen LogP contribution in [0.1, 0.15) is 31.0 Å². The highest BCUT2D eigenvalue weighted by Crippen LogP contribution is 2.24. The highest BCUT2D eigenvalue weighted by Gasteiger charge is 2.11. The Morgan fingerprint density at radius 1 is 1.07 bits per heavy atom. The van der Waals surface area contributed by atoms with Crippen molar-refractivity contribution >= 4 is 5.97 Å². The van der Waals surface area contributed by atoms with Gasteiger partial charge in [-0.1, -0.05) is 43.3 Å². The Labute approximate surface area is 164 Å². The zero-order chi connectivity index (χ0) is 19.9. The number of benzene rings is 2. The minimum Gasteiger partial charge on any atom is -0.497 e. The summed E-state index contributed by atoms with van der Waals surface area (Å²) in [6, 6.07) is 16.8. The number of hydrogen-bond acceptors (Lipinski definition) is 6. The Bertz CT molecular complexity index is 915. The van der Waals surface area contributed by atoms with Crippen LogP contribution in [0.3, 0.4) is 0 Å². The molecule has 0 unspecified atom stereocenters. The topological polar surface area (TPSA) is 70.8 Å². The van der Waals surface area contributed by atoms with Gasteiger partial charge in [-0.15, -0.1) is 0 Å². The van der Waals surface area contributed by atoms with Crippen LogP contribution >= 0.6 is 0 Å². The van der Waals surface area contributed by atoms with Gasteiger partial charge in [-0.05, 0) is 35.7 Å². The van der Waals surface area contributed by atoms with Gasteiger partial charge in [-0.3, -0.25) is 0 Å². The van der Waals surface area contributed by atoms with Crippen LogP contribution < -0.4 is 9.47 Å². The van der Waals surface area contributed by atoms with Crippen LogP contribution in [0.25, 0.3) is 11.3 Å². The van der Waals surface area contributed by atoms with Gasteiger partial charge in [-0.2, -0.15) is 0 Å². The fourth-order valence-electron chi connectivity index (χ4n) is 2.58. The fourth-order valence-corrected chi connectivity index (χ4v) is 2.58. The van der Waals surface area contributed by atoms with E-state index in [9.17, 15) is 4.79 Å². The predicted molar refractivity (Wildman–Crippen MR) is 104 cm³/mol. The van der Waals surface area contributed by atoms with Crippen LogP contribution in [-0.2, 0) is 16.1 Å². The summed E-state index contributed by atoms with van der Waals surface area (Å²) in [5.74, 6) is 1.90. The SMILES string of the molecule is COc1cccc(-c2cc(COC(=O)COc3ccc(C(C)C)cc3)no2)c1. The van der Waals surface area contributed by atoms with Gasteiger partial charge in [0, 0.05) is 11.6 Å². The molecule has 2 aromatic carbocycles. The molecule has 6 nitrogen and oxygen atoms in total. The molecular formula is C22H23NO5. The lowest BCUT2D eigenvalue weighted by atomic mass is 10.0. The average Bonchev–Trinajstić information content (AvgIpc) is 3.20. The summed E-state index contributed by atoms with van der Waals surface area (Å²) in [7, 11) is 1.60. The summed E-state index contributed by atoms with van der Waals surface area (Å²) in [5.41, 5.74) is 2.57. The van der Waals surface area contributed by atoms with Gasteiger partial charge >= 0.3 is 5.97 Å². The van der Waals surface area contributed by atoms with Crippen LogP contribution in [0.2, 0.25) is 0 Å². The molecular weight excluding hydrogens is 358 g/mol. The molecule has 1 aromatic heterocycles. The summed E-state index contributed by atoms with van der Waals surface area (Å²) < 4.78 is 21.2. The van der Waals surface area contributed by atoms with E-state index in [4.69, 9.17) is 18.7 Å². The van der Waals surface area contributed by atoms with E-state index in [1.54, 1.807) is 13.2 Å². The number of methoxy groups -OCH3 is 1. The van der Waals surface area contributed by atoms with Crippen LogP contribution in [0.15, 0.2) is 59.1 Å². The Hall–Kier alpha value is -3.28. The van der Waals surface area contributed by atoms with E-state index in [-0.39, 0.29) is 13.2 Å². The van der Waals surface area contributed by atoms with Crippen molar-refractivity contribution in [2.75, 3.05) is 13.7 Å². The molecule has 0 amide bonds. The zero-order valence-corrected chi connectivity index (χ0v) is 16.2. The number of aromatic nitrogens is 1. The third-order valence-corrected chi connectivity index (χ3v) is 4.20. The number of hydrogen-bond donors (Lipinski definition) is 0. The molecule has 6 heteroatoms. The van der Waals surface area contributed by atoms with Gasteiger partial charge in [0.05, 0.1) is 7.11 Å². The predicted octanol–water partition coefficient (Wildman–Crippen LogP) is 4.60. The first kappa shape index (κ1) is 19.5. The summed E-state index contributed by atoms with van der Waals surface area (Å²) in [6.07, 6.45) is 0. The number of carbonyl (C=O) groups is 1. The highest BCUT2D eigenvalue weighted by molar-refractivity contribution is 5.71. The molecule has 0 saturated carbocycles. The van der Waals surface area contributed by atoms with E-state index in [1.165, 1.54) is 5.56 Å². The van der Waals surface area contributed by atoms with Gasteiger partial charge in [0.15, 0.2) is 12.4 Å². The lowest BCUT2D eigenvalue weighted by Crippen LogP contribution is -2.14. The second-order valence-corrected chi connectivity index (χ2v) is 6.59. The van der Waals surface area contributed by atoms with Crippen molar-refractivity contribution in [3.63, 3.8) is 0 Å². The van der Waals surface area contributed by atoms with E-state index in [1.807, 2.05) is 48.5 Å². The van der Waals surface area contributed by atoms with Crippen molar-refractivity contribution in [2.45, 2.75) is 26.4 Å². The molecule has 0 atom stereocenters. The van der Waals surface area contributed by atoms with E-state index in [2.05, 4.69) is 19.0 Å². The highest BCUT2D eigenvalue weighted by atomic mass is 16.6. The standard InChI is InChI=1S/C22H23NO5/c1-15(2)16-7-9-19(10-8-16)26-14-22(24)27-13-18-12-21(28-23-18)17-5-4-6-20(11-17)25-3/h4-12,15H,13-14H2,1-3H3. The molecule has 0 bridgehead atoms. The number of rotatable bonds is 8. The number of ether oxygens (including phenoxy) is 3. The van der Waals surface area contributed by atoms with Crippen LogP contribution in [-0.4, -0.2) is 24.8 Å². The quantitative estimate of drug-likeness (QED) is 0.531. The molecule has 3 aromatic rings. The largest absolute Gasteiger partial charge is 0.497 e. The number of carbonyl (C=O) groups excluding carboxylic acids is 1. The smallest absolute Gasteiger partial charge is 0.344 e. The molecule has 0 fully saturated rings. The van der Waals surface area contributed by atoms with Gasteiger partial charge < -0.3 is 18.7 Å². The first-order chi connectivity index (χ1) is 13.5. The molecule has 28 heavy (non-hydrogen) atoms. The van der Waals surface area contributed by atoms with E-state index >= 15 is 0 Å². The Kier molecular flexibility index (Phi) is 6.32. The maximum Gasteiger partial charge on any atom is 0.344 e. The van der Waals surface area contributed by atoms with Gasteiger partial charge in [0.2, 0.25) is 0 Å². The molecule has 1 heterocycles. The molecule has 0 spiro atoms. The fraction of sp³-hybridized carbons (Fsp3) is 0.273. The first-order valence-corrected chi connectivity index (χ1v) is 9.03. The third-order valence-electron chi connectivity index (χ3n) is 4.20. The van der Waals surface area contributed by atoms with Crippen molar-refractivity contribution in [1.82, 2.24) is 5.16 Å². The molecule has 0 saturated heterocycles. The molecule has 0 aliphatic carbocycles. The van der Waals surface area contributed by atoms with Crippen LogP contribution in [0.5, 0.6) is 11.5 Å². The van der Waals surface area contributed by atoms with E-state index < -0.39 is 5.97 Å². The Morgan fingerprint density at radius 2 is 1.86 bits per heavy atom. The first-order valence-electron chi connectivity index (χ1n) is 9.03. The number of nitrogens with zero attached hydrogens (tertiary/aromatic N) is 1. The maximum absolute atomic E-state index is 11.9. The van der Waals surface area contributed by atoms with Gasteiger partial charge in [0.1, 0.15) is 23.8 Å². The summed E-state index contributed by atoms with van der Waals surface area (Å²) >= 11 is 0. The Morgan fingerprint density at radius 3 is 2.57 bits per heavy atom. The monoisotopic (exact) mass is 381 g/mol. The van der Waals surface area contributed by atoms with E-state index in [0.29, 0.717) is 23.1 Å². The lowest BCUT2D eigenvalue weighted by molar-refractivity contribution is -0.147. The van der Waals surface area contributed by atoms with Crippen LogP contribution in [0, 0.1) is 0 Å². The van der Waals surface area contributed by atoms with Crippen LogP contribution in [0.4, 0.5) is 0 Å². The van der Waals surface area contributed by atoms with Crippen molar-refractivity contribution in [1.29, 1.82) is 0 Å². The minimum absolute atomic E-state index is 0.0158. The molecule has 0 radical (unpaired) electrons. The second kappa shape index (κ2) is 9.08. The van der Waals surface area contributed by atoms with Crippen molar-refractivity contribution in [2.24, 2.45) is 0 Å². The van der Waals surface area contributed by atoms with Crippen molar-refractivity contribution in [3.8, 4) is 22.8 Å². The van der Waals surface area contributed by atoms with Gasteiger partial charge in [-0.25, -0.2) is 4.79 Å². The number of esters is 1. The Balaban J connectivity index is 1.49. The molecule has 0 aliphatic heterocycles. The average molecular weight is 381 g/mol. The van der Waals surface area contributed by atoms with Crippen molar-refractivity contribution < 1.29 is 23.5 Å². The third kappa shape index (κ3) is 5.13. The maximum atomic E-state index is 11.9. The van der Waals surface area contributed by atoms with E-state index in [0.717, 1.165) is 11.3 Å².